The summed E-state index contributed by atoms with van der Waals surface area (Å²) in [6.45, 7) is 2.21. The summed E-state index contributed by atoms with van der Waals surface area (Å²) in [7, 11) is 0. The molecule has 32 heavy (non-hydrogen) atoms. The number of benzene rings is 1. The summed E-state index contributed by atoms with van der Waals surface area (Å²) in [4.78, 5) is 24.0. The Bertz CT molecular complexity index is 1130. The number of nitrogens with zero attached hydrogens (tertiary/aromatic N) is 4. The van der Waals surface area contributed by atoms with Gasteiger partial charge in [-0.05, 0) is 68.7 Å². The average molecular weight is 433 g/mol. The van der Waals surface area contributed by atoms with Crippen molar-refractivity contribution in [2.45, 2.75) is 56.5 Å². The van der Waals surface area contributed by atoms with Gasteiger partial charge < -0.3 is 14.2 Å². The molecule has 6 rings (SSSR count). The fourth-order valence-corrected chi connectivity index (χ4v) is 5.27. The molecule has 1 aliphatic carbocycles. The van der Waals surface area contributed by atoms with Gasteiger partial charge in [-0.3, -0.25) is 9.78 Å². The first-order chi connectivity index (χ1) is 15.7. The summed E-state index contributed by atoms with van der Waals surface area (Å²) < 4.78 is 11.8. The molecule has 1 saturated carbocycles. The van der Waals surface area contributed by atoms with Crippen molar-refractivity contribution >= 4 is 16.8 Å². The first kappa shape index (κ1) is 19.9. The molecular formula is C25H28N4O3. The third-order valence-electron chi connectivity index (χ3n) is 7.30. The summed E-state index contributed by atoms with van der Waals surface area (Å²) in [5.74, 6) is 2.77. The molecule has 0 N–H and O–H groups in total. The van der Waals surface area contributed by atoms with Crippen molar-refractivity contribution < 1.29 is 14.1 Å². The van der Waals surface area contributed by atoms with Crippen LogP contribution in [0.4, 0.5) is 0 Å². The third kappa shape index (κ3) is 3.90. The van der Waals surface area contributed by atoms with E-state index in [1.807, 2.05) is 35.2 Å². The molecule has 3 aromatic rings. The lowest BCUT2D eigenvalue weighted by Crippen LogP contribution is -2.51. The van der Waals surface area contributed by atoms with Gasteiger partial charge in [-0.2, -0.15) is 4.98 Å². The molecule has 1 unspecified atom stereocenters. The number of fused-ring (bicyclic) bond motifs is 1. The quantitative estimate of drug-likeness (QED) is 0.616. The van der Waals surface area contributed by atoms with Gasteiger partial charge in [0.1, 0.15) is 0 Å². The second-order valence-electron chi connectivity index (χ2n) is 9.62. The van der Waals surface area contributed by atoms with Crippen molar-refractivity contribution in [1.29, 1.82) is 0 Å². The van der Waals surface area contributed by atoms with Crippen LogP contribution in [0.15, 0.2) is 41.1 Å². The molecule has 166 valence electrons. The first-order valence-electron chi connectivity index (χ1n) is 11.8. The lowest BCUT2D eigenvalue weighted by atomic mass is 9.78. The molecule has 3 fully saturated rings. The minimum absolute atomic E-state index is 0.0939. The molecule has 2 aliphatic heterocycles. The van der Waals surface area contributed by atoms with E-state index in [0.717, 1.165) is 80.0 Å². The van der Waals surface area contributed by atoms with Gasteiger partial charge in [-0.1, -0.05) is 11.2 Å². The van der Waals surface area contributed by atoms with Gasteiger partial charge in [-0.25, -0.2) is 0 Å². The van der Waals surface area contributed by atoms with E-state index in [1.165, 1.54) is 12.8 Å². The molecule has 7 nitrogen and oxygen atoms in total. The van der Waals surface area contributed by atoms with Gasteiger partial charge >= 0.3 is 0 Å². The van der Waals surface area contributed by atoms with Crippen molar-refractivity contribution in [1.82, 2.24) is 20.0 Å². The average Bonchev–Trinajstić information content (AvgIpc) is 3.58. The fourth-order valence-electron chi connectivity index (χ4n) is 5.27. The summed E-state index contributed by atoms with van der Waals surface area (Å²) >= 11 is 0. The van der Waals surface area contributed by atoms with Gasteiger partial charge in [0, 0.05) is 49.2 Å². The summed E-state index contributed by atoms with van der Waals surface area (Å²) in [5.41, 5.74) is 1.51. The molecule has 4 heterocycles. The summed E-state index contributed by atoms with van der Waals surface area (Å²) in [6.07, 6.45) is 8.75. The van der Waals surface area contributed by atoms with Gasteiger partial charge in [0.25, 0.3) is 5.91 Å². The van der Waals surface area contributed by atoms with Crippen molar-refractivity contribution in [3.05, 3.63) is 53.8 Å². The number of hydrogen-bond acceptors (Lipinski definition) is 6. The molecule has 3 aliphatic rings. The molecule has 2 aromatic heterocycles. The standard InChI is InChI=1S/C25H28N4O3/c30-24(20-5-6-21-19(15-20)2-1-10-26-21)29-11-8-25(9-12-29)16-17(7-13-31-25)14-22-27-23(28-32-22)18-3-4-18/h1-2,5-6,10,15,17-18H,3-4,7-9,11-14,16H2. The number of carbonyl (C=O) groups is 1. The Balaban J connectivity index is 1.08. The zero-order valence-electron chi connectivity index (χ0n) is 18.2. The number of hydrogen-bond donors (Lipinski definition) is 0. The molecular weight excluding hydrogens is 404 g/mol. The summed E-state index contributed by atoms with van der Waals surface area (Å²) in [5, 5.41) is 5.16. The van der Waals surface area contributed by atoms with E-state index in [-0.39, 0.29) is 11.5 Å². The highest BCUT2D eigenvalue weighted by atomic mass is 16.5. The predicted molar refractivity (Wildman–Crippen MR) is 118 cm³/mol. The van der Waals surface area contributed by atoms with E-state index in [2.05, 4.69) is 15.1 Å². The molecule has 2 saturated heterocycles. The molecule has 1 atom stereocenters. The van der Waals surface area contributed by atoms with Crippen LogP contribution >= 0.6 is 0 Å². The van der Waals surface area contributed by atoms with Crippen molar-refractivity contribution in [2.24, 2.45) is 5.92 Å². The Morgan fingerprint density at radius 2 is 2.03 bits per heavy atom. The second-order valence-corrected chi connectivity index (χ2v) is 9.62. The van der Waals surface area contributed by atoms with Crippen molar-refractivity contribution in [2.75, 3.05) is 19.7 Å². The maximum absolute atomic E-state index is 13.1. The number of ether oxygens (including phenoxy) is 1. The molecule has 0 bridgehead atoms. The smallest absolute Gasteiger partial charge is 0.253 e. The van der Waals surface area contributed by atoms with Gasteiger partial charge in [0.15, 0.2) is 5.82 Å². The Hall–Kier alpha value is -2.80. The third-order valence-corrected chi connectivity index (χ3v) is 7.30. The lowest BCUT2D eigenvalue weighted by molar-refractivity contribution is -0.124. The van der Waals surface area contributed by atoms with E-state index in [9.17, 15) is 4.79 Å². The van der Waals surface area contributed by atoms with Crippen molar-refractivity contribution in [3.8, 4) is 0 Å². The normalized spacial score (nSPS) is 23.0. The Kier molecular flexibility index (Phi) is 4.94. The maximum Gasteiger partial charge on any atom is 0.253 e. The van der Waals surface area contributed by atoms with Gasteiger partial charge in [-0.15, -0.1) is 0 Å². The maximum atomic E-state index is 13.1. The van der Waals surface area contributed by atoms with Crippen LogP contribution < -0.4 is 0 Å². The number of piperidine rings is 1. The molecule has 1 aromatic carbocycles. The van der Waals surface area contributed by atoms with E-state index >= 15 is 0 Å². The zero-order chi connectivity index (χ0) is 21.5. The number of amides is 1. The second kappa shape index (κ2) is 7.96. The largest absolute Gasteiger partial charge is 0.375 e. The van der Waals surface area contributed by atoms with Crippen LogP contribution in [-0.4, -0.2) is 51.2 Å². The first-order valence-corrected chi connectivity index (χ1v) is 11.8. The highest BCUT2D eigenvalue weighted by molar-refractivity contribution is 5.98. The van der Waals surface area contributed by atoms with Crippen LogP contribution in [0.3, 0.4) is 0 Å². The number of carbonyl (C=O) groups excluding carboxylic acids is 1. The van der Waals surface area contributed by atoms with Crippen LogP contribution in [0.1, 0.15) is 66.5 Å². The van der Waals surface area contributed by atoms with Crippen LogP contribution in [-0.2, 0) is 11.2 Å². The van der Waals surface area contributed by atoms with E-state index < -0.39 is 0 Å². The number of aromatic nitrogens is 3. The minimum Gasteiger partial charge on any atom is -0.375 e. The minimum atomic E-state index is -0.133. The monoisotopic (exact) mass is 432 g/mol. The predicted octanol–water partition coefficient (Wildman–Crippen LogP) is 4.14. The Morgan fingerprint density at radius 3 is 2.88 bits per heavy atom. The van der Waals surface area contributed by atoms with Crippen molar-refractivity contribution in [3.63, 3.8) is 0 Å². The highest BCUT2D eigenvalue weighted by Crippen LogP contribution is 2.40. The SMILES string of the molecule is O=C(c1ccc2ncccc2c1)N1CCC2(CC1)CC(Cc1nc(C3CC3)no1)CCO2. The van der Waals surface area contributed by atoms with E-state index in [4.69, 9.17) is 9.26 Å². The Morgan fingerprint density at radius 1 is 1.16 bits per heavy atom. The molecule has 0 radical (unpaired) electrons. The number of rotatable bonds is 4. The fraction of sp³-hybridized carbons (Fsp3) is 0.520. The Labute approximate surface area is 187 Å². The summed E-state index contributed by atoms with van der Waals surface area (Å²) in [6, 6.07) is 9.66. The number of pyridine rings is 1. The number of likely N-dealkylation sites (tertiary alicyclic amines) is 1. The van der Waals surface area contributed by atoms with Crippen LogP contribution in [0.25, 0.3) is 10.9 Å². The van der Waals surface area contributed by atoms with Gasteiger partial charge in [0.05, 0.1) is 11.1 Å². The molecule has 1 spiro atoms. The molecule has 7 heteroatoms. The topological polar surface area (TPSA) is 81.4 Å². The molecule has 1 amide bonds. The van der Waals surface area contributed by atoms with E-state index in [1.54, 1.807) is 6.20 Å². The van der Waals surface area contributed by atoms with E-state index in [0.29, 0.717) is 11.8 Å². The highest BCUT2D eigenvalue weighted by Gasteiger charge is 2.41. The lowest BCUT2D eigenvalue weighted by Gasteiger charge is -2.46. The van der Waals surface area contributed by atoms with Crippen LogP contribution in [0.5, 0.6) is 0 Å². The van der Waals surface area contributed by atoms with Gasteiger partial charge in [0.2, 0.25) is 5.89 Å². The zero-order valence-corrected chi connectivity index (χ0v) is 18.2. The van der Waals surface area contributed by atoms with Crippen LogP contribution in [0, 0.1) is 5.92 Å². The van der Waals surface area contributed by atoms with Crippen LogP contribution in [0.2, 0.25) is 0 Å².